The van der Waals surface area contributed by atoms with Gasteiger partial charge < -0.3 is 5.11 Å². The highest BCUT2D eigenvalue weighted by molar-refractivity contribution is 9.10. The number of halogens is 1. The van der Waals surface area contributed by atoms with Gasteiger partial charge in [0.25, 0.3) is 0 Å². The van der Waals surface area contributed by atoms with Crippen LogP contribution >= 0.6 is 15.9 Å². The first-order valence-electron chi connectivity index (χ1n) is 4.30. The molecule has 1 aromatic heterocycles. The summed E-state index contributed by atoms with van der Waals surface area (Å²) in [6, 6.07) is 0.257. The summed E-state index contributed by atoms with van der Waals surface area (Å²) >= 11 is 3.38. The number of hydrogen-bond donors (Lipinski definition) is 1. The van der Waals surface area contributed by atoms with Crippen molar-refractivity contribution < 1.29 is 5.11 Å². The van der Waals surface area contributed by atoms with Crippen molar-refractivity contribution in [1.29, 1.82) is 0 Å². The molecule has 0 bridgehead atoms. The Morgan fingerprint density at radius 1 is 1.54 bits per heavy atom. The fourth-order valence-electron chi connectivity index (χ4n) is 1.31. The van der Waals surface area contributed by atoms with Crippen LogP contribution in [0, 0.1) is 0 Å². The molecule has 0 saturated carbocycles. The first-order valence-corrected chi connectivity index (χ1v) is 5.09. The number of aromatic nitrogens is 2. The monoisotopic (exact) mass is 246 g/mol. The molecular formula is C9H15BrN2O. The summed E-state index contributed by atoms with van der Waals surface area (Å²) in [4.78, 5) is 0. The molecule has 0 radical (unpaired) electrons. The minimum atomic E-state index is -0.862. The zero-order valence-electron chi connectivity index (χ0n) is 8.37. The standard InChI is InChI=1S/C9H15BrN2O/c1-6(2)12-8(9(3,4)13)7(10)5-11-12/h5-6,13H,1-4H3. The Hall–Kier alpha value is -0.350. The molecule has 1 aromatic rings. The minimum Gasteiger partial charge on any atom is -0.384 e. The Bertz CT molecular complexity index is 299. The molecule has 1 rings (SSSR count). The molecule has 0 aromatic carbocycles. The van der Waals surface area contributed by atoms with E-state index in [9.17, 15) is 5.11 Å². The maximum Gasteiger partial charge on any atom is 0.102 e. The summed E-state index contributed by atoms with van der Waals surface area (Å²) in [5, 5.41) is 14.1. The molecule has 0 atom stereocenters. The van der Waals surface area contributed by atoms with E-state index in [2.05, 4.69) is 21.0 Å². The van der Waals surface area contributed by atoms with Crippen LogP contribution in [0.3, 0.4) is 0 Å². The first kappa shape index (κ1) is 10.7. The Balaban J connectivity index is 3.25. The third-order valence-electron chi connectivity index (χ3n) is 1.82. The normalized spacial score (nSPS) is 12.5. The average molecular weight is 247 g/mol. The van der Waals surface area contributed by atoms with Gasteiger partial charge in [0.1, 0.15) is 5.60 Å². The highest BCUT2D eigenvalue weighted by Crippen LogP contribution is 2.29. The molecule has 0 spiro atoms. The van der Waals surface area contributed by atoms with Gasteiger partial charge in [0.05, 0.1) is 16.4 Å². The van der Waals surface area contributed by atoms with E-state index in [-0.39, 0.29) is 6.04 Å². The summed E-state index contributed by atoms with van der Waals surface area (Å²) in [6.07, 6.45) is 1.72. The van der Waals surface area contributed by atoms with Crippen LogP contribution in [0.5, 0.6) is 0 Å². The van der Waals surface area contributed by atoms with Crippen molar-refractivity contribution in [3.8, 4) is 0 Å². The quantitative estimate of drug-likeness (QED) is 0.871. The Morgan fingerprint density at radius 2 is 2.08 bits per heavy atom. The molecule has 0 aliphatic carbocycles. The predicted molar refractivity (Wildman–Crippen MR) is 55.6 cm³/mol. The van der Waals surface area contributed by atoms with E-state index in [1.165, 1.54) is 0 Å². The number of rotatable bonds is 2. The van der Waals surface area contributed by atoms with Crippen LogP contribution in [-0.4, -0.2) is 14.9 Å². The molecule has 0 fully saturated rings. The third kappa shape index (κ3) is 2.11. The van der Waals surface area contributed by atoms with Crippen LogP contribution in [0.1, 0.15) is 39.4 Å². The molecule has 4 heteroatoms. The van der Waals surface area contributed by atoms with Crippen LogP contribution in [0.15, 0.2) is 10.7 Å². The van der Waals surface area contributed by atoms with Gasteiger partial charge in [-0.1, -0.05) is 0 Å². The fourth-order valence-corrected chi connectivity index (χ4v) is 2.06. The second-order valence-electron chi connectivity index (χ2n) is 3.94. The molecule has 1 N–H and O–H groups in total. The van der Waals surface area contributed by atoms with Crippen LogP contribution in [0.2, 0.25) is 0 Å². The van der Waals surface area contributed by atoms with E-state index in [1.807, 2.05) is 18.5 Å². The van der Waals surface area contributed by atoms with E-state index in [0.29, 0.717) is 0 Å². The lowest BCUT2D eigenvalue weighted by Gasteiger charge is -2.21. The summed E-state index contributed by atoms with van der Waals surface area (Å²) in [7, 11) is 0. The number of aliphatic hydroxyl groups is 1. The Labute approximate surface area is 86.9 Å². The van der Waals surface area contributed by atoms with Crippen LogP contribution in [0.25, 0.3) is 0 Å². The maximum atomic E-state index is 9.90. The molecular weight excluding hydrogens is 232 g/mol. The molecule has 0 amide bonds. The van der Waals surface area contributed by atoms with Crippen molar-refractivity contribution in [2.24, 2.45) is 0 Å². The molecule has 13 heavy (non-hydrogen) atoms. The van der Waals surface area contributed by atoms with Gasteiger partial charge >= 0.3 is 0 Å². The molecule has 0 aliphatic heterocycles. The molecule has 0 unspecified atom stereocenters. The lowest BCUT2D eigenvalue weighted by atomic mass is 10.1. The van der Waals surface area contributed by atoms with Crippen molar-refractivity contribution in [3.63, 3.8) is 0 Å². The zero-order chi connectivity index (χ0) is 10.2. The van der Waals surface area contributed by atoms with Crippen molar-refractivity contribution >= 4 is 15.9 Å². The SMILES string of the molecule is CC(C)n1ncc(Br)c1C(C)(C)O. The second-order valence-corrected chi connectivity index (χ2v) is 4.79. The van der Waals surface area contributed by atoms with Gasteiger partial charge in [-0.2, -0.15) is 5.10 Å². The first-order chi connectivity index (χ1) is 5.84. The zero-order valence-corrected chi connectivity index (χ0v) is 9.96. The van der Waals surface area contributed by atoms with Crippen molar-refractivity contribution in [2.75, 3.05) is 0 Å². The minimum absolute atomic E-state index is 0.257. The largest absolute Gasteiger partial charge is 0.384 e. The van der Waals surface area contributed by atoms with Gasteiger partial charge in [0.15, 0.2) is 0 Å². The summed E-state index contributed by atoms with van der Waals surface area (Å²) in [6.45, 7) is 7.59. The molecule has 0 aliphatic rings. The molecule has 3 nitrogen and oxygen atoms in total. The van der Waals surface area contributed by atoms with E-state index < -0.39 is 5.60 Å². The number of hydrogen-bond acceptors (Lipinski definition) is 2. The van der Waals surface area contributed by atoms with E-state index >= 15 is 0 Å². The van der Waals surface area contributed by atoms with Crippen LogP contribution in [-0.2, 0) is 5.60 Å². The van der Waals surface area contributed by atoms with Gasteiger partial charge in [-0.25, -0.2) is 0 Å². The van der Waals surface area contributed by atoms with Crippen molar-refractivity contribution in [2.45, 2.75) is 39.3 Å². The van der Waals surface area contributed by atoms with Gasteiger partial charge in [-0.05, 0) is 43.6 Å². The van der Waals surface area contributed by atoms with Crippen molar-refractivity contribution in [3.05, 3.63) is 16.4 Å². The van der Waals surface area contributed by atoms with E-state index in [0.717, 1.165) is 10.2 Å². The predicted octanol–water partition coefficient (Wildman–Crippen LogP) is 2.45. The topological polar surface area (TPSA) is 38.0 Å². The molecule has 0 saturated heterocycles. The lowest BCUT2D eigenvalue weighted by molar-refractivity contribution is 0.0661. The summed E-state index contributed by atoms with van der Waals surface area (Å²) in [5.74, 6) is 0. The van der Waals surface area contributed by atoms with Gasteiger partial charge in [-0.15, -0.1) is 0 Å². The Kier molecular flexibility index (Phi) is 2.82. The van der Waals surface area contributed by atoms with Gasteiger partial charge in [-0.3, -0.25) is 4.68 Å². The average Bonchev–Trinajstić information content (AvgIpc) is 2.28. The van der Waals surface area contributed by atoms with Gasteiger partial charge in [0.2, 0.25) is 0 Å². The molecule has 1 heterocycles. The highest BCUT2D eigenvalue weighted by Gasteiger charge is 2.25. The molecule has 74 valence electrons. The third-order valence-corrected chi connectivity index (χ3v) is 2.40. The van der Waals surface area contributed by atoms with Crippen LogP contribution in [0.4, 0.5) is 0 Å². The maximum absolute atomic E-state index is 9.90. The second kappa shape index (κ2) is 3.42. The Morgan fingerprint density at radius 3 is 2.38 bits per heavy atom. The van der Waals surface area contributed by atoms with Gasteiger partial charge in [0, 0.05) is 6.04 Å². The number of nitrogens with zero attached hydrogens (tertiary/aromatic N) is 2. The fraction of sp³-hybridized carbons (Fsp3) is 0.667. The summed E-state index contributed by atoms with van der Waals surface area (Å²) in [5.41, 5.74) is -0.0397. The van der Waals surface area contributed by atoms with Crippen LogP contribution < -0.4 is 0 Å². The highest BCUT2D eigenvalue weighted by atomic mass is 79.9. The lowest BCUT2D eigenvalue weighted by Crippen LogP contribution is -2.23. The smallest absolute Gasteiger partial charge is 0.102 e. The van der Waals surface area contributed by atoms with Crippen molar-refractivity contribution in [1.82, 2.24) is 9.78 Å². The van der Waals surface area contributed by atoms with E-state index in [1.54, 1.807) is 20.0 Å². The van der Waals surface area contributed by atoms with E-state index in [4.69, 9.17) is 0 Å². The summed E-state index contributed by atoms with van der Waals surface area (Å²) < 4.78 is 2.68.